The van der Waals surface area contributed by atoms with Crippen molar-refractivity contribution in [3.63, 3.8) is 0 Å². The van der Waals surface area contributed by atoms with Crippen molar-refractivity contribution in [2.24, 2.45) is 0 Å². The molecule has 0 aromatic rings. The van der Waals surface area contributed by atoms with Crippen molar-refractivity contribution in [2.45, 2.75) is 59.0 Å². The van der Waals surface area contributed by atoms with E-state index >= 15 is 0 Å². The molecule has 0 aromatic heterocycles. The van der Waals surface area contributed by atoms with E-state index in [4.69, 9.17) is 4.74 Å². The van der Waals surface area contributed by atoms with Crippen LogP contribution in [0.3, 0.4) is 0 Å². The molecule has 0 radical (unpaired) electrons. The molecule has 0 N–H and O–H groups in total. The van der Waals surface area contributed by atoms with Crippen LogP contribution >= 0.6 is 0 Å². The number of unbranched alkanes of at least 4 members (excludes halogenated alkanes) is 3. The maximum Gasteiger partial charge on any atom is 0.410 e. The highest BCUT2D eigenvalue weighted by atomic mass is 16.6. The van der Waals surface area contributed by atoms with Gasteiger partial charge in [-0.2, -0.15) is 0 Å². The van der Waals surface area contributed by atoms with Crippen molar-refractivity contribution in [2.75, 3.05) is 32.7 Å². The van der Waals surface area contributed by atoms with Gasteiger partial charge in [0, 0.05) is 26.2 Å². The number of rotatable bonds is 5. The molecular weight excluding hydrogens is 240 g/mol. The maximum atomic E-state index is 11.9. The Morgan fingerprint density at radius 3 is 2.21 bits per heavy atom. The van der Waals surface area contributed by atoms with Crippen LogP contribution in [-0.2, 0) is 4.74 Å². The summed E-state index contributed by atoms with van der Waals surface area (Å²) in [4.78, 5) is 16.2. The molecule has 0 spiro atoms. The fraction of sp³-hybridized carbons (Fsp3) is 0.933. The zero-order valence-corrected chi connectivity index (χ0v) is 13.1. The SMILES string of the molecule is CCCCCCN1CCN(C(=O)OC(C)(C)C)CC1. The molecule has 1 aliphatic rings. The van der Waals surface area contributed by atoms with Crippen LogP contribution in [-0.4, -0.2) is 54.2 Å². The van der Waals surface area contributed by atoms with Gasteiger partial charge in [-0.05, 0) is 33.7 Å². The normalized spacial score (nSPS) is 17.6. The predicted octanol–water partition coefficient (Wildman–Crippen LogP) is 3.12. The van der Waals surface area contributed by atoms with Crippen LogP contribution in [0, 0.1) is 0 Å². The summed E-state index contributed by atoms with van der Waals surface area (Å²) in [5.41, 5.74) is -0.394. The lowest BCUT2D eigenvalue weighted by atomic mass is 10.2. The van der Waals surface area contributed by atoms with Gasteiger partial charge in [0.05, 0.1) is 0 Å². The van der Waals surface area contributed by atoms with Gasteiger partial charge in [0.25, 0.3) is 0 Å². The van der Waals surface area contributed by atoms with Crippen LogP contribution in [0.4, 0.5) is 4.79 Å². The summed E-state index contributed by atoms with van der Waals surface area (Å²) in [7, 11) is 0. The molecule has 112 valence electrons. The topological polar surface area (TPSA) is 32.8 Å². The molecule has 1 fully saturated rings. The number of nitrogens with zero attached hydrogens (tertiary/aromatic N) is 2. The minimum Gasteiger partial charge on any atom is -0.444 e. The zero-order valence-electron chi connectivity index (χ0n) is 13.1. The molecule has 0 aliphatic carbocycles. The first-order valence-corrected chi connectivity index (χ1v) is 7.62. The average Bonchev–Trinajstić information content (AvgIpc) is 2.33. The zero-order chi connectivity index (χ0) is 14.3. The van der Waals surface area contributed by atoms with E-state index in [-0.39, 0.29) is 6.09 Å². The minimum atomic E-state index is -0.394. The van der Waals surface area contributed by atoms with Crippen molar-refractivity contribution in [1.29, 1.82) is 0 Å². The highest BCUT2D eigenvalue weighted by molar-refractivity contribution is 5.68. The Morgan fingerprint density at radius 2 is 1.68 bits per heavy atom. The Balaban J connectivity index is 2.19. The summed E-state index contributed by atoms with van der Waals surface area (Å²) in [6, 6.07) is 0. The largest absolute Gasteiger partial charge is 0.444 e. The third-order valence-electron chi connectivity index (χ3n) is 3.35. The first-order valence-electron chi connectivity index (χ1n) is 7.62. The second kappa shape index (κ2) is 7.73. The smallest absolute Gasteiger partial charge is 0.410 e. The van der Waals surface area contributed by atoms with Crippen LogP contribution in [0.25, 0.3) is 0 Å². The third-order valence-corrected chi connectivity index (χ3v) is 3.35. The van der Waals surface area contributed by atoms with Crippen molar-refractivity contribution in [3.8, 4) is 0 Å². The minimum absolute atomic E-state index is 0.168. The van der Waals surface area contributed by atoms with Crippen molar-refractivity contribution < 1.29 is 9.53 Å². The van der Waals surface area contributed by atoms with Gasteiger partial charge < -0.3 is 9.64 Å². The molecule has 1 amide bonds. The molecule has 1 heterocycles. The number of hydrogen-bond acceptors (Lipinski definition) is 3. The van der Waals surface area contributed by atoms with E-state index in [2.05, 4.69) is 11.8 Å². The van der Waals surface area contributed by atoms with Crippen LogP contribution in [0.15, 0.2) is 0 Å². The molecule has 0 bridgehead atoms. The van der Waals surface area contributed by atoms with Crippen LogP contribution < -0.4 is 0 Å². The quantitative estimate of drug-likeness (QED) is 0.720. The Morgan fingerprint density at radius 1 is 1.05 bits per heavy atom. The predicted molar refractivity (Wildman–Crippen MR) is 78.4 cm³/mol. The van der Waals surface area contributed by atoms with Gasteiger partial charge in [-0.1, -0.05) is 26.2 Å². The molecule has 1 rings (SSSR count). The number of amides is 1. The first kappa shape index (κ1) is 16.3. The van der Waals surface area contributed by atoms with Gasteiger partial charge in [-0.15, -0.1) is 0 Å². The number of carbonyl (C=O) groups excluding carboxylic acids is 1. The van der Waals surface area contributed by atoms with Gasteiger partial charge in [0.1, 0.15) is 5.60 Å². The summed E-state index contributed by atoms with van der Waals surface area (Å²) >= 11 is 0. The highest BCUT2D eigenvalue weighted by Crippen LogP contribution is 2.12. The molecule has 19 heavy (non-hydrogen) atoms. The number of hydrogen-bond donors (Lipinski definition) is 0. The van der Waals surface area contributed by atoms with E-state index in [1.54, 1.807) is 0 Å². The molecule has 0 saturated carbocycles. The summed E-state index contributed by atoms with van der Waals surface area (Å²) in [5, 5.41) is 0. The molecule has 4 heteroatoms. The Hall–Kier alpha value is -0.770. The third kappa shape index (κ3) is 6.81. The molecular formula is C15H30N2O2. The summed E-state index contributed by atoms with van der Waals surface area (Å²) in [5.74, 6) is 0. The highest BCUT2D eigenvalue weighted by Gasteiger charge is 2.25. The summed E-state index contributed by atoms with van der Waals surface area (Å²) in [6.45, 7) is 12.7. The molecule has 4 nitrogen and oxygen atoms in total. The summed E-state index contributed by atoms with van der Waals surface area (Å²) in [6.07, 6.45) is 5.05. The Labute approximate surface area is 118 Å². The standard InChI is InChI=1S/C15H30N2O2/c1-5-6-7-8-9-16-10-12-17(13-11-16)14(18)19-15(2,3)4/h5-13H2,1-4H3. The molecule has 0 unspecified atom stereocenters. The van der Waals surface area contributed by atoms with Crippen LogP contribution in [0.5, 0.6) is 0 Å². The maximum absolute atomic E-state index is 11.9. The fourth-order valence-corrected chi connectivity index (χ4v) is 2.24. The fourth-order valence-electron chi connectivity index (χ4n) is 2.24. The van der Waals surface area contributed by atoms with Gasteiger partial charge in [-0.25, -0.2) is 4.79 Å². The Bertz CT molecular complexity index is 266. The molecule has 0 aromatic carbocycles. The number of ether oxygens (including phenoxy) is 1. The summed E-state index contributed by atoms with van der Waals surface area (Å²) < 4.78 is 5.39. The van der Waals surface area contributed by atoms with E-state index in [1.807, 2.05) is 25.7 Å². The second-order valence-electron chi connectivity index (χ2n) is 6.37. The van der Waals surface area contributed by atoms with Gasteiger partial charge >= 0.3 is 6.09 Å². The van der Waals surface area contributed by atoms with Crippen LogP contribution in [0.1, 0.15) is 53.4 Å². The average molecular weight is 270 g/mol. The van der Waals surface area contributed by atoms with Crippen molar-refractivity contribution in [1.82, 2.24) is 9.80 Å². The van der Waals surface area contributed by atoms with E-state index < -0.39 is 5.60 Å². The van der Waals surface area contributed by atoms with E-state index in [0.717, 1.165) is 26.2 Å². The first-order chi connectivity index (χ1) is 8.92. The lowest BCUT2D eigenvalue weighted by Crippen LogP contribution is -2.50. The van der Waals surface area contributed by atoms with Crippen molar-refractivity contribution >= 4 is 6.09 Å². The lowest BCUT2D eigenvalue weighted by Gasteiger charge is -2.35. The number of carbonyl (C=O) groups is 1. The second-order valence-corrected chi connectivity index (χ2v) is 6.37. The monoisotopic (exact) mass is 270 g/mol. The van der Waals surface area contributed by atoms with E-state index in [9.17, 15) is 4.79 Å². The molecule has 1 aliphatic heterocycles. The van der Waals surface area contributed by atoms with Gasteiger partial charge in [0.15, 0.2) is 0 Å². The van der Waals surface area contributed by atoms with Gasteiger partial charge in [0.2, 0.25) is 0 Å². The Kier molecular flexibility index (Phi) is 6.63. The lowest BCUT2D eigenvalue weighted by molar-refractivity contribution is 0.0144. The van der Waals surface area contributed by atoms with E-state index in [0.29, 0.717) is 0 Å². The van der Waals surface area contributed by atoms with Crippen LogP contribution in [0.2, 0.25) is 0 Å². The van der Waals surface area contributed by atoms with E-state index in [1.165, 1.54) is 32.2 Å². The van der Waals surface area contributed by atoms with Crippen molar-refractivity contribution in [3.05, 3.63) is 0 Å². The van der Waals surface area contributed by atoms with Gasteiger partial charge in [-0.3, -0.25) is 4.90 Å². The molecule has 0 atom stereocenters. The number of piperazine rings is 1. The molecule has 1 saturated heterocycles.